The quantitative estimate of drug-likeness (QED) is 0.649. The molecule has 0 unspecified atom stereocenters. The molecule has 0 radical (unpaired) electrons. The van der Waals surface area contributed by atoms with Crippen molar-refractivity contribution < 1.29 is 14.7 Å². The van der Waals surface area contributed by atoms with E-state index in [0.29, 0.717) is 23.7 Å². The SMILES string of the molecule is Cc1sc(NC(=O)NCCN)c(C(=O)O)c1C. The summed E-state index contributed by atoms with van der Waals surface area (Å²) in [6.07, 6.45) is 0. The molecule has 0 aromatic carbocycles. The van der Waals surface area contributed by atoms with Crippen LogP contribution >= 0.6 is 11.3 Å². The van der Waals surface area contributed by atoms with E-state index >= 15 is 0 Å². The van der Waals surface area contributed by atoms with Crippen LogP contribution in [-0.2, 0) is 0 Å². The number of aryl methyl sites for hydroxylation is 1. The summed E-state index contributed by atoms with van der Waals surface area (Å²) in [5.41, 5.74) is 6.07. The maximum absolute atomic E-state index is 11.4. The van der Waals surface area contributed by atoms with Crippen LogP contribution in [0, 0.1) is 13.8 Å². The molecule has 0 aliphatic rings. The van der Waals surface area contributed by atoms with E-state index in [2.05, 4.69) is 10.6 Å². The lowest BCUT2D eigenvalue weighted by molar-refractivity contribution is 0.0697. The first-order valence-electron chi connectivity index (χ1n) is 5.05. The Morgan fingerprint density at radius 2 is 2.06 bits per heavy atom. The molecular weight excluding hydrogens is 242 g/mol. The summed E-state index contributed by atoms with van der Waals surface area (Å²) >= 11 is 1.25. The molecule has 0 spiro atoms. The molecule has 0 aliphatic heterocycles. The predicted molar refractivity (Wildman–Crippen MR) is 66.8 cm³/mol. The first kappa shape index (κ1) is 13.5. The van der Waals surface area contributed by atoms with Gasteiger partial charge < -0.3 is 16.2 Å². The zero-order valence-corrected chi connectivity index (χ0v) is 10.5. The van der Waals surface area contributed by atoms with Gasteiger partial charge >= 0.3 is 12.0 Å². The molecule has 17 heavy (non-hydrogen) atoms. The average molecular weight is 257 g/mol. The number of anilines is 1. The van der Waals surface area contributed by atoms with Gasteiger partial charge in [0.15, 0.2) is 0 Å². The van der Waals surface area contributed by atoms with Crippen LogP contribution in [0.5, 0.6) is 0 Å². The van der Waals surface area contributed by atoms with Crippen LogP contribution in [0.25, 0.3) is 0 Å². The number of hydrogen-bond donors (Lipinski definition) is 4. The molecule has 6 nitrogen and oxygen atoms in total. The van der Waals surface area contributed by atoms with Crippen molar-refractivity contribution in [1.82, 2.24) is 5.32 Å². The first-order chi connectivity index (χ1) is 7.97. The number of carboxylic acids is 1. The number of aromatic carboxylic acids is 1. The third-order valence-electron chi connectivity index (χ3n) is 2.26. The second-order valence-electron chi connectivity index (χ2n) is 3.46. The topological polar surface area (TPSA) is 104 Å². The van der Waals surface area contributed by atoms with Gasteiger partial charge in [-0.25, -0.2) is 9.59 Å². The molecule has 1 heterocycles. The second-order valence-corrected chi connectivity index (χ2v) is 4.69. The first-order valence-corrected chi connectivity index (χ1v) is 5.87. The van der Waals surface area contributed by atoms with E-state index < -0.39 is 12.0 Å². The van der Waals surface area contributed by atoms with Gasteiger partial charge in [-0.1, -0.05) is 0 Å². The van der Waals surface area contributed by atoms with Gasteiger partial charge in [0.25, 0.3) is 0 Å². The fourth-order valence-electron chi connectivity index (χ4n) is 1.31. The highest BCUT2D eigenvalue weighted by molar-refractivity contribution is 7.16. The van der Waals surface area contributed by atoms with E-state index in [1.807, 2.05) is 6.92 Å². The normalized spacial score (nSPS) is 10.1. The van der Waals surface area contributed by atoms with E-state index in [1.54, 1.807) is 6.92 Å². The van der Waals surface area contributed by atoms with Gasteiger partial charge in [0.05, 0.1) is 5.56 Å². The molecule has 0 atom stereocenters. The number of thiophene rings is 1. The highest BCUT2D eigenvalue weighted by atomic mass is 32.1. The van der Waals surface area contributed by atoms with Gasteiger partial charge in [0.2, 0.25) is 0 Å². The Morgan fingerprint density at radius 1 is 1.41 bits per heavy atom. The van der Waals surface area contributed by atoms with Crippen molar-refractivity contribution in [2.45, 2.75) is 13.8 Å². The molecule has 0 fully saturated rings. The molecule has 7 heteroatoms. The number of carbonyl (C=O) groups is 2. The smallest absolute Gasteiger partial charge is 0.338 e. The number of nitrogens with two attached hydrogens (primary N) is 1. The van der Waals surface area contributed by atoms with E-state index in [9.17, 15) is 9.59 Å². The van der Waals surface area contributed by atoms with Crippen molar-refractivity contribution in [3.05, 3.63) is 16.0 Å². The van der Waals surface area contributed by atoms with E-state index in [4.69, 9.17) is 10.8 Å². The van der Waals surface area contributed by atoms with Crippen LogP contribution in [0.1, 0.15) is 20.8 Å². The van der Waals surface area contributed by atoms with Crippen LogP contribution in [0.2, 0.25) is 0 Å². The minimum Gasteiger partial charge on any atom is -0.478 e. The number of nitrogens with one attached hydrogen (secondary N) is 2. The molecule has 0 bridgehead atoms. The zero-order valence-electron chi connectivity index (χ0n) is 9.66. The lowest BCUT2D eigenvalue weighted by Crippen LogP contribution is -2.33. The fourth-order valence-corrected chi connectivity index (χ4v) is 2.35. The molecule has 1 rings (SSSR count). The average Bonchev–Trinajstić information content (AvgIpc) is 2.51. The monoisotopic (exact) mass is 257 g/mol. The van der Waals surface area contributed by atoms with Gasteiger partial charge in [-0.15, -0.1) is 11.3 Å². The summed E-state index contributed by atoms with van der Waals surface area (Å²) in [5.74, 6) is -1.04. The van der Waals surface area contributed by atoms with Crippen molar-refractivity contribution in [3.63, 3.8) is 0 Å². The van der Waals surface area contributed by atoms with E-state index in [0.717, 1.165) is 4.88 Å². The molecule has 0 aliphatic carbocycles. The van der Waals surface area contributed by atoms with Crippen molar-refractivity contribution in [2.75, 3.05) is 18.4 Å². The van der Waals surface area contributed by atoms with E-state index in [1.165, 1.54) is 11.3 Å². The Balaban J connectivity index is 2.87. The number of hydrogen-bond acceptors (Lipinski definition) is 4. The lowest BCUT2D eigenvalue weighted by Gasteiger charge is -2.05. The standard InChI is InChI=1S/C10H15N3O3S/c1-5-6(2)17-8(7(5)9(14)15)13-10(16)12-4-3-11/h3-4,11H2,1-2H3,(H,14,15)(H2,12,13,16). The van der Waals surface area contributed by atoms with Gasteiger partial charge in [0.1, 0.15) is 5.00 Å². The zero-order chi connectivity index (χ0) is 13.0. The summed E-state index contributed by atoms with van der Waals surface area (Å²) in [4.78, 5) is 23.3. The van der Waals surface area contributed by atoms with Gasteiger partial charge in [-0.05, 0) is 19.4 Å². The number of urea groups is 1. The Hall–Kier alpha value is -1.60. The second kappa shape index (κ2) is 5.65. The number of amides is 2. The highest BCUT2D eigenvalue weighted by Crippen LogP contribution is 2.32. The Morgan fingerprint density at radius 3 is 2.59 bits per heavy atom. The van der Waals surface area contributed by atoms with Gasteiger partial charge in [-0.3, -0.25) is 5.32 Å². The molecule has 0 saturated carbocycles. The number of carbonyl (C=O) groups excluding carboxylic acids is 1. The van der Waals surface area contributed by atoms with Crippen molar-refractivity contribution in [2.24, 2.45) is 5.73 Å². The molecule has 0 saturated heterocycles. The molecule has 94 valence electrons. The minimum atomic E-state index is -1.04. The van der Waals surface area contributed by atoms with Crippen molar-refractivity contribution in [1.29, 1.82) is 0 Å². The van der Waals surface area contributed by atoms with E-state index in [-0.39, 0.29) is 5.56 Å². The minimum absolute atomic E-state index is 0.149. The Bertz CT molecular complexity index is 442. The van der Waals surface area contributed by atoms with Gasteiger partial charge in [0, 0.05) is 18.0 Å². The van der Waals surface area contributed by atoms with Crippen molar-refractivity contribution in [3.8, 4) is 0 Å². The number of rotatable bonds is 4. The van der Waals surface area contributed by atoms with Crippen LogP contribution < -0.4 is 16.4 Å². The molecule has 5 N–H and O–H groups in total. The fraction of sp³-hybridized carbons (Fsp3) is 0.400. The van der Waals surface area contributed by atoms with Crippen LogP contribution in [0.4, 0.5) is 9.80 Å². The third-order valence-corrected chi connectivity index (χ3v) is 3.38. The maximum Gasteiger partial charge on any atom is 0.338 e. The summed E-state index contributed by atoms with van der Waals surface area (Å²) in [5, 5.41) is 14.4. The lowest BCUT2D eigenvalue weighted by atomic mass is 10.1. The molecule has 1 aromatic rings. The summed E-state index contributed by atoms with van der Waals surface area (Å²) < 4.78 is 0. The van der Waals surface area contributed by atoms with Crippen LogP contribution in [-0.4, -0.2) is 30.2 Å². The van der Waals surface area contributed by atoms with Gasteiger partial charge in [-0.2, -0.15) is 0 Å². The largest absolute Gasteiger partial charge is 0.478 e. The Labute approximate surface area is 103 Å². The molecule has 2 amide bonds. The summed E-state index contributed by atoms with van der Waals surface area (Å²) in [6.45, 7) is 4.22. The summed E-state index contributed by atoms with van der Waals surface area (Å²) in [6, 6.07) is -0.445. The molecule has 1 aromatic heterocycles. The van der Waals surface area contributed by atoms with Crippen LogP contribution in [0.15, 0.2) is 0 Å². The highest BCUT2D eigenvalue weighted by Gasteiger charge is 2.19. The Kier molecular flexibility index (Phi) is 4.47. The van der Waals surface area contributed by atoms with Crippen LogP contribution in [0.3, 0.4) is 0 Å². The number of carboxylic acid groups (broad SMARTS) is 1. The third kappa shape index (κ3) is 3.18. The molecular formula is C10H15N3O3S. The van der Waals surface area contributed by atoms with Crippen molar-refractivity contribution >= 4 is 28.3 Å². The summed E-state index contributed by atoms with van der Waals surface area (Å²) in [7, 11) is 0. The predicted octanol–water partition coefficient (Wildman–Crippen LogP) is 1.14. The maximum atomic E-state index is 11.4.